The lowest BCUT2D eigenvalue weighted by atomic mass is 10.2. The van der Waals surface area contributed by atoms with Gasteiger partial charge in [0.05, 0.1) is 6.61 Å². The second kappa shape index (κ2) is 5.65. The van der Waals surface area contributed by atoms with Crippen LogP contribution < -0.4 is 11.1 Å². The zero-order valence-corrected chi connectivity index (χ0v) is 10.3. The number of halogens is 1. The number of carboxylic acids is 1. The first-order valence-corrected chi connectivity index (χ1v) is 5.44. The van der Waals surface area contributed by atoms with E-state index in [0.717, 1.165) is 0 Å². The quantitative estimate of drug-likeness (QED) is 0.594. The largest absolute Gasteiger partial charge is 0.480 e. The van der Waals surface area contributed by atoms with Crippen LogP contribution in [0.5, 0.6) is 0 Å². The summed E-state index contributed by atoms with van der Waals surface area (Å²) in [5.41, 5.74) is 6.28. The van der Waals surface area contributed by atoms with Crippen molar-refractivity contribution in [3.05, 3.63) is 28.2 Å². The first-order valence-electron chi connectivity index (χ1n) is 4.65. The van der Waals surface area contributed by atoms with Gasteiger partial charge in [0.1, 0.15) is 0 Å². The Labute approximate surface area is 106 Å². The highest BCUT2D eigenvalue weighted by molar-refractivity contribution is 9.10. The summed E-state index contributed by atoms with van der Waals surface area (Å²) in [4.78, 5) is 22.2. The van der Waals surface area contributed by atoms with Gasteiger partial charge in [-0.15, -0.1) is 0 Å². The number of anilines is 1. The molecule has 1 atom stereocenters. The van der Waals surface area contributed by atoms with Gasteiger partial charge in [-0.2, -0.15) is 0 Å². The van der Waals surface area contributed by atoms with E-state index in [0.29, 0.717) is 10.2 Å². The summed E-state index contributed by atoms with van der Waals surface area (Å²) in [6.45, 7) is -0.669. The standard InChI is InChI=1S/C10H11BrN2O4/c11-6-3-5(1-2-7(6)12)9(15)13-8(4-14)10(16)17/h1-3,8,14H,4,12H2,(H,13,15)(H,16,17)/t8-/m1/s1. The Morgan fingerprint density at radius 2 is 2.12 bits per heavy atom. The number of benzene rings is 1. The second-order valence-electron chi connectivity index (χ2n) is 3.28. The summed E-state index contributed by atoms with van der Waals surface area (Å²) in [6.07, 6.45) is 0. The molecule has 0 unspecified atom stereocenters. The van der Waals surface area contributed by atoms with Crippen LogP contribution in [0.25, 0.3) is 0 Å². The molecule has 7 heteroatoms. The minimum atomic E-state index is -1.32. The lowest BCUT2D eigenvalue weighted by molar-refractivity contribution is -0.140. The molecule has 0 saturated carbocycles. The summed E-state index contributed by atoms with van der Waals surface area (Å²) >= 11 is 3.16. The summed E-state index contributed by atoms with van der Waals surface area (Å²) in [5.74, 6) is -1.89. The Morgan fingerprint density at radius 3 is 2.59 bits per heavy atom. The smallest absolute Gasteiger partial charge is 0.328 e. The molecule has 0 aliphatic carbocycles. The van der Waals surface area contributed by atoms with E-state index >= 15 is 0 Å². The van der Waals surface area contributed by atoms with Crippen LogP contribution in [0.4, 0.5) is 5.69 Å². The Kier molecular flexibility index (Phi) is 4.47. The van der Waals surface area contributed by atoms with Gasteiger partial charge >= 0.3 is 5.97 Å². The van der Waals surface area contributed by atoms with E-state index in [-0.39, 0.29) is 5.56 Å². The van der Waals surface area contributed by atoms with Crippen LogP contribution in [0.1, 0.15) is 10.4 Å². The number of carbonyl (C=O) groups excluding carboxylic acids is 1. The molecule has 0 saturated heterocycles. The molecule has 0 spiro atoms. The first-order chi connectivity index (χ1) is 7.95. The molecule has 92 valence electrons. The molecule has 0 bridgehead atoms. The maximum Gasteiger partial charge on any atom is 0.328 e. The van der Waals surface area contributed by atoms with Crippen LogP contribution in [0, 0.1) is 0 Å². The van der Waals surface area contributed by atoms with E-state index in [1.807, 2.05) is 0 Å². The molecule has 0 fully saturated rings. The van der Waals surface area contributed by atoms with Crippen LogP contribution in [0.3, 0.4) is 0 Å². The number of aliphatic hydroxyl groups is 1. The zero-order valence-electron chi connectivity index (χ0n) is 8.68. The van der Waals surface area contributed by atoms with Crippen LogP contribution >= 0.6 is 15.9 Å². The molecular weight excluding hydrogens is 292 g/mol. The van der Waals surface area contributed by atoms with E-state index < -0.39 is 24.5 Å². The summed E-state index contributed by atoms with van der Waals surface area (Å²) in [5, 5.41) is 19.6. The van der Waals surface area contributed by atoms with Gasteiger partial charge in [-0.1, -0.05) is 0 Å². The molecule has 1 amide bonds. The number of aliphatic hydroxyl groups excluding tert-OH is 1. The highest BCUT2D eigenvalue weighted by Crippen LogP contribution is 2.20. The molecule has 1 aromatic carbocycles. The zero-order chi connectivity index (χ0) is 13.0. The molecule has 5 N–H and O–H groups in total. The normalized spacial score (nSPS) is 11.9. The van der Waals surface area contributed by atoms with E-state index in [2.05, 4.69) is 21.2 Å². The van der Waals surface area contributed by atoms with Crippen molar-refractivity contribution in [1.82, 2.24) is 5.32 Å². The van der Waals surface area contributed by atoms with E-state index in [9.17, 15) is 9.59 Å². The van der Waals surface area contributed by atoms with E-state index in [1.165, 1.54) is 18.2 Å². The van der Waals surface area contributed by atoms with Gasteiger partial charge in [-0.3, -0.25) is 4.79 Å². The SMILES string of the molecule is Nc1ccc(C(=O)N[C@H](CO)C(=O)O)cc1Br. The lowest BCUT2D eigenvalue weighted by Crippen LogP contribution is -2.43. The van der Waals surface area contributed by atoms with Crippen molar-refractivity contribution in [2.75, 3.05) is 12.3 Å². The maximum absolute atomic E-state index is 11.6. The summed E-state index contributed by atoms with van der Waals surface area (Å²) < 4.78 is 0.543. The van der Waals surface area contributed by atoms with E-state index in [1.54, 1.807) is 0 Å². The molecule has 0 aliphatic rings. The molecule has 17 heavy (non-hydrogen) atoms. The Morgan fingerprint density at radius 1 is 1.47 bits per heavy atom. The van der Waals surface area contributed by atoms with Crippen molar-refractivity contribution in [3.8, 4) is 0 Å². The Balaban J connectivity index is 2.82. The van der Waals surface area contributed by atoms with Crippen molar-refractivity contribution >= 4 is 33.5 Å². The number of aliphatic carboxylic acids is 1. The second-order valence-corrected chi connectivity index (χ2v) is 4.14. The molecule has 0 heterocycles. The Hall–Kier alpha value is -1.60. The van der Waals surface area contributed by atoms with Crippen LogP contribution in [0.15, 0.2) is 22.7 Å². The number of carbonyl (C=O) groups is 2. The molecule has 0 aromatic heterocycles. The van der Waals surface area contributed by atoms with Gasteiger partial charge in [0.15, 0.2) is 6.04 Å². The monoisotopic (exact) mass is 302 g/mol. The fourth-order valence-electron chi connectivity index (χ4n) is 1.10. The lowest BCUT2D eigenvalue weighted by Gasteiger charge is -2.11. The first kappa shape index (κ1) is 13.5. The highest BCUT2D eigenvalue weighted by atomic mass is 79.9. The average Bonchev–Trinajstić information content (AvgIpc) is 2.28. The Bertz CT molecular complexity index is 450. The fraction of sp³-hybridized carbons (Fsp3) is 0.200. The number of nitrogens with two attached hydrogens (primary N) is 1. The predicted molar refractivity (Wildman–Crippen MR) is 64.5 cm³/mol. The van der Waals surface area contributed by atoms with Crippen LogP contribution in [-0.4, -0.2) is 34.7 Å². The number of nitrogens with one attached hydrogen (secondary N) is 1. The molecule has 0 radical (unpaired) electrons. The highest BCUT2D eigenvalue weighted by Gasteiger charge is 2.19. The van der Waals surface area contributed by atoms with Gasteiger partial charge in [0.25, 0.3) is 5.91 Å². The minimum absolute atomic E-state index is 0.255. The van der Waals surface area contributed by atoms with Crippen LogP contribution in [-0.2, 0) is 4.79 Å². The maximum atomic E-state index is 11.6. The van der Waals surface area contributed by atoms with Crippen molar-refractivity contribution in [2.45, 2.75) is 6.04 Å². The number of nitrogen functional groups attached to an aromatic ring is 1. The number of amides is 1. The fourth-order valence-corrected chi connectivity index (χ4v) is 1.47. The van der Waals surface area contributed by atoms with Crippen molar-refractivity contribution in [3.63, 3.8) is 0 Å². The van der Waals surface area contributed by atoms with Gasteiger partial charge in [-0.25, -0.2) is 4.79 Å². The minimum Gasteiger partial charge on any atom is -0.480 e. The third-order valence-corrected chi connectivity index (χ3v) is 2.74. The van der Waals surface area contributed by atoms with Gasteiger partial charge < -0.3 is 21.3 Å². The predicted octanol–water partition coefficient (Wildman–Crippen LogP) is 0.207. The third kappa shape index (κ3) is 3.43. The number of hydrogen-bond acceptors (Lipinski definition) is 4. The number of hydrogen-bond donors (Lipinski definition) is 4. The summed E-state index contributed by atoms with van der Waals surface area (Å²) in [7, 11) is 0. The third-order valence-electron chi connectivity index (χ3n) is 2.05. The molecule has 1 rings (SSSR count). The average molecular weight is 303 g/mol. The van der Waals surface area contributed by atoms with Gasteiger partial charge in [0.2, 0.25) is 0 Å². The van der Waals surface area contributed by atoms with E-state index in [4.69, 9.17) is 15.9 Å². The molecule has 1 aromatic rings. The number of rotatable bonds is 4. The molecule has 6 nitrogen and oxygen atoms in total. The molecular formula is C10H11BrN2O4. The topological polar surface area (TPSA) is 113 Å². The number of carboxylic acid groups (broad SMARTS) is 1. The van der Waals surface area contributed by atoms with Crippen LogP contribution in [0.2, 0.25) is 0 Å². The van der Waals surface area contributed by atoms with Crippen molar-refractivity contribution in [1.29, 1.82) is 0 Å². The van der Waals surface area contributed by atoms with Gasteiger partial charge in [-0.05, 0) is 34.1 Å². The molecule has 0 aliphatic heterocycles. The van der Waals surface area contributed by atoms with Gasteiger partial charge in [0, 0.05) is 15.7 Å². The summed E-state index contributed by atoms with van der Waals surface area (Å²) in [6, 6.07) is 3.14. The van der Waals surface area contributed by atoms with Crippen molar-refractivity contribution in [2.24, 2.45) is 0 Å². The van der Waals surface area contributed by atoms with Crippen molar-refractivity contribution < 1.29 is 19.8 Å².